The van der Waals surface area contributed by atoms with Crippen molar-refractivity contribution in [1.29, 1.82) is 0 Å². The molecule has 10 heteroatoms. The predicted molar refractivity (Wildman–Crippen MR) is 117 cm³/mol. The number of rotatable bonds is 5. The van der Waals surface area contributed by atoms with Gasteiger partial charge in [-0.05, 0) is 50.6 Å². The summed E-state index contributed by atoms with van der Waals surface area (Å²) in [6, 6.07) is 6.08. The van der Waals surface area contributed by atoms with Gasteiger partial charge in [-0.2, -0.15) is 0 Å². The first-order valence-electron chi connectivity index (χ1n) is 9.16. The van der Waals surface area contributed by atoms with Crippen molar-refractivity contribution in [3.63, 3.8) is 0 Å². The third-order valence-electron chi connectivity index (χ3n) is 4.66. The van der Waals surface area contributed by atoms with Crippen LogP contribution >= 0.6 is 35.3 Å². The second-order valence-corrected chi connectivity index (χ2v) is 8.24. The van der Waals surface area contributed by atoms with Gasteiger partial charge >= 0.3 is 11.8 Å². The molecule has 2 aromatic rings. The number of aryl methyl sites for hydroxylation is 1. The summed E-state index contributed by atoms with van der Waals surface area (Å²) in [5.41, 5.74) is 1.23. The number of aliphatic hydroxyl groups is 1. The van der Waals surface area contributed by atoms with Crippen LogP contribution in [-0.2, 0) is 16.2 Å². The molecule has 7 nitrogen and oxygen atoms in total. The molecular weight excluding hydrogens is 435 g/mol. The van der Waals surface area contributed by atoms with E-state index in [4.69, 9.17) is 11.6 Å². The lowest BCUT2D eigenvalue weighted by molar-refractivity contribution is -0.136. The number of carbonyl (C=O) groups excluding carboxylic acids is 2. The van der Waals surface area contributed by atoms with Crippen LogP contribution < -0.4 is 16.0 Å². The van der Waals surface area contributed by atoms with Crippen molar-refractivity contribution in [2.45, 2.75) is 44.9 Å². The summed E-state index contributed by atoms with van der Waals surface area (Å²) in [6.07, 6.45) is 2.99. The van der Waals surface area contributed by atoms with Gasteiger partial charge in [0.1, 0.15) is 5.01 Å². The number of anilines is 1. The topological polar surface area (TPSA) is 103 Å². The van der Waals surface area contributed by atoms with Crippen LogP contribution in [0.5, 0.6) is 0 Å². The molecule has 1 aromatic carbocycles. The molecule has 0 bridgehead atoms. The number of amides is 2. The molecule has 1 saturated heterocycles. The lowest BCUT2D eigenvalue weighted by atomic mass is 9.98. The molecule has 2 atom stereocenters. The van der Waals surface area contributed by atoms with E-state index in [1.54, 1.807) is 24.3 Å². The van der Waals surface area contributed by atoms with Gasteiger partial charge in [-0.25, -0.2) is 4.98 Å². The van der Waals surface area contributed by atoms with E-state index >= 15 is 0 Å². The Labute approximate surface area is 184 Å². The van der Waals surface area contributed by atoms with Gasteiger partial charge < -0.3 is 21.1 Å². The highest BCUT2D eigenvalue weighted by Gasteiger charge is 2.31. The molecule has 2 heterocycles. The molecule has 158 valence electrons. The zero-order valence-corrected chi connectivity index (χ0v) is 18.3. The summed E-state index contributed by atoms with van der Waals surface area (Å²) in [5, 5.41) is 19.5. The van der Waals surface area contributed by atoms with Gasteiger partial charge in [0.05, 0.1) is 23.2 Å². The Bertz CT molecular complexity index is 838. The fraction of sp³-hybridized carbons (Fsp3) is 0.421. The van der Waals surface area contributed by atoms with Crippen LogP contribution in [0.2, 0.25) is 5.02 Å². The molecule has 1 fully saturated rings. The van der Waals surface area contributed by atoms with Crippen molar-refractivity contribution < 1.29 is 14.7 Å². The molecule has 4 N–H and O–H groups in total. The SMILES string of the molecule is Cc1nc(C(NC(=O)C(=O)Nc2ccc(Cl)cc2)C2CCCCN2)sc1CO.Cl. The standard InChI is InChI=1S/C19H23ClN4O3S.ClH/c1-11-15(10-25)28-19(22-11)16(14-4-2-3-9-21-14)24-18(27)17(26)23-13-7-5-12(20)6-8-13;/h5-8,14,16,21,25H,2-4,9-10H2,1H3,(H,23,26)(H,24,27);1H. The summed E-state index contributed by atoms with van der Waals surface area (Å²) in [6.45, 7) is 2.58. The summed E-state index contributed by atoms with van der Waals surface area (Å²) >= 11 is 7.20. The number of hydrogen-bond donors (Lipinski definition) is 4. The molecule has 1 aromatic heterocycles. The fourth-order valence-corrected chi connectivity index (χ4v) is 4.32. The molecule has 0 saturated carbocycles. The number of nitrogens with one attached hydrogen (secondary N) is 3. The first kappa shape index (κ1) is 23.6. The van der Waals surface area contributed by atoms with Gasteiger partial charge in [-0.15, -0.1) is 23.7 Å². The highest BCUT2D eigenvalue weighted by atomic mass is 35.5. The largest absolute Gasteiger partial charge is 0.391 e. The fourth-order valence-electron chi connectivity index (χ4n) is 3.16. The van der Waals surface area contributed by atoms with Crippen LogP contribution in [0.1, 0.15) is 40.9 Å². The van der Waals surface area contributed by atoms with Crippen molar-refractivity contribution >= 4 is 52.8 Å². The minimum atomic E-state index is -0.751. The minimum absolute atomic E-state index is 0. The molecule has 0 radical (unpaired) electrons. The Kier molecular flexibility index (Phi) is 8.85. The van der Waals surface area contributed by atoms with Crippen molar-refractivity contribution in [3.05, 3.63) is 44.9 Å². The van der Waals surface area contributed by atoms with Crippen molar-refractivity contribution in [3.8, 4) is 0 Å². The number of carbonyl (C=O) groups is 2. The van der Waals surface area contributed by atoms with Crippen LogP contribution in [0.15, 0.2) is 24.3 Å². The number of benzene rings is 1. The minimum Gasteiger partial charge on any atom is -0.391 e. The molecule has 2 unspecified atom stereocenters. The maximum absolute atomic E-state index is 12.6. The number of hydrogen-bond acceptors (Lipinski definition) is 6. The number of piperidine rings is 1. The van der Waals surface area contributed by atoms with Crippen LogP contribution in [0.25, 0.3) is 0 Å². The number of aromatic nitrogens is 1. The van der Waals surface area contributed by atoms with E-state index in [1.165, 1.54) is 11.3 Å². The van der Waals surface area contributed by atoms with Gasteiger partial charge in [0, 0.05) is 16.8 Å². The van der Waals surface area contributed by atoms with Crippen LogP contribution in [-0.4, -0.2) is 34.5 Å². The summed E-state index contributed by atoms with van der Waals surface area (Å²) in [5.74, 6) is -1.48. The van der Waals surface area contributed by atoms with Gasteiger partial charge in [0.2, 0.25) is 0 Å². The van der Waals surface area contributed by atoms with Gasteiger partial charge in [0.15, 0.2) is 0 Å². The number of halogens is 2. The Morgan fingerprint density at radius 1 is 1.31 bits per heavy atom. The maximum Gasteiger partial charge on any atom is 0.313 e. The van der Waals surface area contributed by atoms with E-state index in [1.807, 2.05) is 6.92 Å². The monoisotopic (exact) mass is 458 g/mol. The van der Waals surface area contributed by atoms with E-state index in [-0.39, 0.29) is 25.1 Å². The number of nitrogens with zero attached hydrogens (tertiary/aromatic N) is 1. The van der Waals surface area contributed by atoms with Crippen LogP contribution in [0.3, 0.4) is 0 Å². The molecule has 0 spiro atoms. The quantitative estimate of drug-likeness (QED) is 0.515. The third-order valence-corrected chi connectivity index (χ3v) is 6.14. The molecule has 0 aliphatic carbocycles. The van der Waals surface area contributed by atoms with Crippen LogP contribution in [0.4, 0.5) is 5.69 Å². The van der Waals surface area contributed by atoms with Gasteiger partial charge in [0.25, 0.3) is 0 Å². The Morgan fingerprint density at radius 2 is 2.03 bits per heavy atom. The van der Waals surface area contributed by atoms with E-state index in [2.05, 4.69) is 20.9 Å². The first-order valence-corrected chi connectivity index (χ1v) is 10.3. The Hall–Kier alpha value is -1.71. The van der Waals surface area contributed by atoms with Gasteiger partial charge in [-0.1, -0.05) is 18.0 Å². The lowest BCUT2D eigenvalue weighted by Crippen LogP contribution is -2.48. The third kappa shape index (κ3) is 6.13. The average Bonchev–Trinajstić information content (AvgIpc) is 3.08. The zero-order chi connectivity index (χ0) is 20.1. The molecule has 1 aliphatic rings. The maximum atomic E-state index is 12.6. The smallest absolute Gasteiger partial charge is 0.313 e. The van der Waals surface area contributed by atoms with Crippen molar-refractivity contribution in [1.82, 2.24) is 15.6 Å². The highest BCUT2D eigenvalue weighted by Crippen LogP contribution is 2.29. The van der Waals surface area contributed by atoms with E-state index in [9.17, 15) is 14.7 Å². The van der Waals surface area contributed by atoms with Crippen molar-refractivity contribution in [2.75, 3.05) is 11.9 Å². The van der Waals surface area contributed by atoms with Crippen LogP contribution in [0, 0.1) is 6.92 Å². The molecule has 3 rings (SSSR count). The molecular formula is C19H24Cl2N4O3S. The number of thiazole rings is 1. The average molecular weight is 459 g/mol. The first-order chi connectivity index (χ1) is 13.5. The van der Waals surface area contributed by atoms with E-state index in [0.717, 1.165) is 36.4 Å². The van der Waals surface area contributed by atoms with E-state index in [0.29, 0.717) is 15.7 Å². The van der Waals surface area contributed by atoms with Crippen molar-refractivity contribution in [2.24, 2.45) is 0 Å². The molecule has 29 heavy (non-hydrogen) atoms. The Morgan fingerprint density at radius 3 is 2.62 bits per heavy atom. The lowest BCUT2D eigenvalue weighted by Gasteiger charge is -2.30. The number of aliphatic hydroxyl groups excluding tert-OH is 1. The highest BCUT2D eigenvalue weighted by molar-refractivity contribution is 7.11. The Balaban J connectivity index is 0.00000300. The second kappa shape index (κ2) is 10.9. The normalized spacial score (nSPS) is 17.1. The summed E-state index contributed by atoms with van der Waals surface area (Å²) in [4.78, 5) is 30.2. The summed E-state index contributed by atoms with van der Waals surface area (Å²) < 4.78 is 0. The zero-order valence-electron chi connectivity index (χ0n) is 15.9. The molecule has 2 amide bonds. The van der Waals surface area contributed by atoms with Gasteiger partial charge in [-0.3, -0.25) is 9.59 Å². The second-order valence-electron chi connectivity index (χ2n) is 6.69. The summed E-state index contributed by atoms with van der Waals surface area (Å²) in [7, 11) is 0. The predicted octanol–water partition coefficient (Wildman–Crippen LogP) is 2.96. The van der Waals surface area contributed by atoms with E-state index < -0.39 is 17.9 Å². The molecule has 1 aliphatic heterocycles.